The van der Waals surface area contributed by atoms with Gasteiger partial charge < -0.3 is 10.6 Å². The summed E-state index contributed by atoms with van der Waals surface area (Å²) in [5.41, 5.74) is 0.999. The van der Waals surface area contributed by atoms with Crippen LogP contribution in [0.25, 0.3) is 0 Å². The Labute approximate surface area is 153 Å². The van der Waals surface area contributed by atoms with Crippen LogP contribution >= 0.6 is 0 Å². The van der Waals surface area contributed by atoms with Crippen molar-refractivity contribution in [1.82, 2.24) is 25.1 Å². The minimum Gasteiger partial charge on any atom is -0.351 e. The maximum atomic E-state index is 8.85. The standard InChI is InChI=1S/C18H24N8/c1-12-9-17(25-24-12)22-16-5-7-20-18(23-16)21-13-10-14-3-4-15(11-13)26(14)8-2-6-19/h5,7,9,13-15H,2-4,8,10-11H2,1H3,(H3,20,21,22,23,24,25)/t13-,14-,15+. The van der Waals surface area contributed by atoms with Crippen molar-refractivity contribution in [3.8, 4) is 6.07 Å². The van der Waals surface area contributed by atoms with Gasteiger partial charge in [0.25, 0.3) is 0 Å². The lowest BCUT2D eigenvalue weighted by Crippen LogP contribution is -2.47. The van der Waals surface area contributed by atoms with Gasteiger partial charge in [-0.05, 0) is 38.7 Å². The average Bonchev–Trinajstić information content (AvgIpc) is 3.13. The van der Waals surface area contributed by atoms with Crippen LogP contribution in [0.15, 0.2) is 18.3 Å². The van der Waals surface area contributed by atoms with Crippen LogP contribution < -0.4 is 10.6 Å². The van der Waals surface area contributed by atoms with E-state index in [0.717, 1.165) is 36.7 Å². The largest absolute Gasteiger partial charge is 0.351 e. The maximum Gasteiger partial charge on any atom is 0.224 e. The van der Waals surface area contributed by atoms with Gasteiger partial charge in [-0.3, -0.25) is 10.00 Å². The Bertz CT molecular complexity index is 780. The molecule has 2 fully saturated rings. The molecular formula is C18H24N8. The molecule has 26 heavy (non-hydrogen) atoms. The molecule has 0 aromatic carbocycles. The molecule has 0 saturated carbocycles. The summed E-state index contributed by atoms with van der Waals surface area (Å²) in [4.78, 5) is 11.5. The van der Waals surface area contributed by atoms with Gasteiger partial charge in [0.05, 0.1) is 6.07 Å². The van der Waals surface area contributed by atoms with Crippen LogP contribution in [0.1, 0.15) is 37.8 Å². The lowest BCUT2D eigenvalue weighted by atomic mass is 9.97. The van der Waals surface area contributed by atoms with Crippen LogP contribution in [0.3, 0.4) is 0 Å². The lowest BCUT2D eigenvalue weighted by molar-refractivity contribution is 0.135. The number of aromatic amines is 1. The van der Waals surface area contributed by atoms with Gasteiger partial charge in [0.15, 0.2) is 5.82 Å². The Hall–Kier alpha value is -2.66. The third-order valence-corrected chi connectivity index (χ3v) is 5.32. The van der Waals surface area contributed by atoms with Crippen molar-refractivity contribution < 1.29 is 0 Å². The van der Waals surface area contributed by atoms with Crippen molar-refractivity contribution in [1.29, 1.82) is 5.26 Å². The zero-order valence-corrected chi connectivity index (χ0v) is 14.9. The summed E-state index contributed by atoms with van der Waals surface area (Å²) < 4.78 is 0. The molecule has 3 atom stereocenters. The van der Waals surface area contributed by atoms with Crippen LogP contribution in [0, 0.1) is 18.3 Å². The van der Waals surface area contributed by atoms with E-state index in [0.29, 0.717) is 30.5 Å². The molecule has 0 amide bonds. The first-order valence-corrected chi connectivity index (χ1v) is 9.22. The molecule has 8 nitrogen and oxygen atoms in total. The molecule has 0 spiro atoms. The van der Waals surface area contributed by atoms with Crippen molar-refractivity contribution in [2.45, 2.75) is 57.2 Å². The van der Waals surface area contributed by atoms with Crippen LogP contribution in [0.4, 0.5) is 17.6 Å². The number of rotatable bonds is 6. The molecule has 2 aliphatic heterocycles. The molecule has 4 rings (SSSR count). The smallest absolute Gasteiger partial charge is 0.224 e. The fourth-order valence-corrected chi connectivity index (χ4v) is 4.23. The number of hydrogen-bond acceptors (Lipinski definition) is 7. The number of aryl methyl sites for hydroxylation is 1. The molecule has 4 heterocycles. The average molecular weight is 352 g/mol. The number of hydrogen-bond donors (Lipinski definition) is 3. The van der Waals surface area contributed by atoms with E-state index in [4.69, 9.17) is 5.26 Å². The zero-order chi connectivity index (χ0) is 17.9. The summed E-state index contributed by atoms with van der Waals surface area (Å²) in [5.74, 6) is 2.12. The van der Waals surface area contributed by atoms with Crippen LogP contribution in [0.5, 0.6) is 0 Å². The Balaban J connectivity index is 1.38. The van der Waals surface area contributed by atoms with E-state index in [9.17, 15) is 0 Å². The second-order valence-electron chi connectivity index (χ2n) is 7.17. The van der Waals surface area contributed by atoms with Crippen molar-refractivity contribution >= 4 is 17.6 Å². The predicted molar refractivity (Wildman–Crippen MR) is 99.0 cm³/mol. The lowest BCUT2D eigenvalue weighted by Gasteiger charge is -2.38. The van der Waals surface area contributed by atoms with Gasteiger partial charge in [0.2, 0.25) is 5.95 Å². The minimum atomic E-state index is 0.383. The number of fused-ring (bicyclic) bond motifs is 2. The highest BCUT2D eigenvalue weighted by Gasteiger charge is 2.40. The maximum absolute atomic E-state index is 8.85. The van der Waals surface area contributed by atoms with Gasteiger partial charge in [-0.2, -0.15) is 15.3 Å². The van der Waals surface area contributed by atoms with Crippen molar-refractivity contribution in [2.75, 3.05) is 17.2 Å². The van der Waals surface area contributed by atoms with Gasteiger partial charge in [0, 0.05) is 49.0 Å². The van der Waals surface area contributed by atoms with E-state index < -0.39 is 0 Å². The van der Waals surface area contributed by atoms with Gasteiger partial charge in [-0.15, -0.1) is 0 Å². The van der Waals surface area contributed by atoms with Gasteiger partial charge in [0.1, 0.15) is 5.82 Å². The molecule has 2 aliphatic rings. The summed E-state index contributed by atoms with van der Waals surface area (Å²) in [6, 6.07) is 7.58. The molecule has 136 valence electrons. The molecule has 3 N–H and O–H groups in total. The van der Waals surface area contributed by atoms with Crippen molar-refractivity contribution in [3.63, 3.8) is 0 Å². The van der Waals surface area contributed by atoms with E-state index >= 15 is 0 Å². The molecule has 2 bridgehead atoms. The molecule has 0 aliphatic carbocycles. The van der Waals surface area contributed by atoms with E-state index in [1.54, 1.807) is 6.20 Å². The van der Waals surface area contributed by atoms with Gasteiger partial charge in [-0.25, -0.2) is 4.98 Å². The molecule has 8 heteroatoms. The molecule has 2 aromatic rings. The number of H-pyrrole nitrogens is 1. The summed E-state index contributed by atoms with van der Waals surface area (Å²) >= 11 is 0. The second-order valence-corrected chi connectivity index (χ2v) is 7.17. The van der Waals surface area contributed by atoms with Crippen molar-refractivity contribution in [2.24, 2.45) is 0 Å². The van der Waals surface area contributed by atoms with E-state index in [-0.39, 0.29) is 0 Å². The molecule has 0 unspecified atom stereocenters. The summed E-state index contributed by atoms with van der Waals surface area (Å²) in [6.45, 7) is 2.86. The first-order valence-electron chi connectivity index (χ1n) is 9.22. The monoisotopic (exact) mass is 352 g/mol. The summed E-state index contributed by atoms with van der Waals surface area (Å²) in [7, 11) is 0. The topological polar surface area (TPSA) is 106 Å². The number of nitriles is 1. The van der Waals surface area contributed by atoms with E-state index in [1.165, 1.54) is 12.8 Å². The quantitative estimate of drug-likeness (QED) is 0.733. The van der Waals surface area contributed by atoms with Crippen LogP contribution in [-0.2, 0) is 0 Å². The fourth-order valence-electron chi connectivity index (χ4n) is 4.23. The molecular weight excluding hydrogens is 328 g/mol. The second kappa shape index (κ2) is 7.30. The fraction of sp³-hybridized carbons (Fsp3) is 0.556. The number of nitrogens with zero attached hydrogens (tertiary/aromatic N) is 5. The molecule has 2 aromatic heterocycles. The number of piperidine rings is 1. The molecule has 0 radical (unpaired) electrons. The SMILES string of the molecule is Cc1cc(Nc2ccnc(N[C@@H]3C[C@H]4CC[C@@H](C3)N4CCC#N)n2)n[nH]1. The first kappa shape index (κ1) is 16.8. The number of nitrogens with one attached hydrogen (secondary N) is 3. The Morgan fingerprint density at radius 1 is 1.31 bits per heavy atom. The zero-order valence-electron chi connectivity index (χ0n) is 14.9. The van der Waals surface area contributed by atoms with Crippen LogP contribution in [0.2, 0.25) is 0 Å². The third-order valence-electron chi connectivity index (χ3n) is 5.32. The number of aromatic nitrogens is 4. The highest BCUT2D eigenvalue weighted by atomic mass is 15.3. The Morgan fingerprint density at radius 3 is 2.81 bits per heavy atom. The normalized spacial score (nSPS) is 25.0. The van der Waals surface area contributed by atoms with Gasteiger partial charge in [-0.1, -0.05) is 0 Å². The first-order chi connectivity index (χ1) is 12.7. The van der Waals surface area contributed by atoms with Gasteiger partial charge >= 0.3 is 0 Å². The predicted octanol–water partition coefficient (Wildman–Crippen LogP) is 2.57. The highest BCUT2D eigenvalue weighted by Crippen LogP contribution is 2.36. The van der Waals surface area contributed by atoms with Crippen molar-refractivity contribution in [3.05, 3.63) is 24.0 Å². The third kappa shape index (κ3) is 3.63. The Morgan fingerprint density at radius 2 is 2.12 bits per heavy atom. The number of anilines is 3. The Kier molecular flexibility index (Phi) is 4.71. The van der Waals surface area contributed by atoms with Crippen LogP contribution in [-0.4, -0.2) is 49.7 Å². The summed E-state index contributed by atoms with van der Waals surface area (Å²) in [6.07, 6.45) is 7.01. The summed E-state index contributed by atoms with van der Waals surface area (Å²) in [5, 5.41) is 22.6. The minimum absolute atomic E-state index is 0.383. The van der Waals surface area contributed by atoms with E-state index in [2.05, 4.69) is 41.8 Å². The highest BCUT2D eigenvalue weighted by molar-refractivity contribution is 5.52. The van der Waals surface area contributed by atoms with E-state index in [1.807, 2.05) is 19.1 Å². The molecule has 2 saturated heterocycles.